The smallest absolute Gasteiger partial charge is 0.462 e. The second-order valence-corrected chi connectivity index (χ2v) is 26.5. The van der Waals surface area contributed by atoms with E-state index in [1.54, 1.807) is 0 Å². The second-order valence-electron chi connectivity index (χ2n) is 23.6. The van der Waals surface area contributed by atoms with E-state index in [0.717, 1.165) is 109 Å². The van der Waals surface area contributed by atoms with Crippen molar-refractivity contribution in [1.82, 2.24) is 0 Å². The third-order valence-corrected chi connectivity index (χ3v) is 16.7. The van der Waals surface area contributed by atoms with Crippen LogP contribution in [0.15, 0.2) is 0 Å². The van der Waals surface area contributed by atoms with Gasteiger partial charge in [-0.1, -0.05) is 272 Å². The van der Waals surface area contributed by atoms with Crippen molar-refractivity contribution in [3.8, 4) is 0 Å². The lowest BCUT2D eigenvalue weighted by Crippen LogP contribution is -2.30. The van der Waals surface area contributed by atoms with Crippen LogP contribution in [0.25, 0.3) is 0 Å². The molecular formula is C64H124O17P2. The van der Waals surface area contributed by atoms with Gasteiger partial charge in [0.15, 0.2) is 12.2 Å². The molecule has 0 aliphatic carbocycles. The van der Waals surface area contributed by atoms with E-state index in [1.807, 2.05) is 0 Å². The number of hydrogen-bond acceptors (Lipinski definition) is 15. The molecule has 0 saturated heterocycles. The Morgan fingerprint density at radius 3 is 0.819 bits per heavy atom. The van der Waals surface area contributed by atoms with E-state index in [-0.39, 0.29) is 25.7 Å². The highest BCUT2D eigenvalue weighted by atomic mass is 31.2. The zero-order valence-corrected chi connectivity index (χ0v) is 55.1. The SMILES string of the molecule is CCCCCCCCCCCCCCC(=O)OC[C@H](COP(=O)(O)OC[C@@H](O)COP(=O)(O)OC[C@@H](COC(=O)CCCCCCCCC)OC(=O)CCCCCCCCCCCCCC)OC(=O)CCCCCCCCCCCC(C)C. The fourth-order valence-corrected chi connectivity index (χ4v) is 11.2. The Morgan fingerprint density at radius 2 is 0.554 bits per heavy atom. The van der Waals surface area contributed by atoms with Gasteiger partial charge in [0.2, 0.25) is 0 Å². The van der Waals surface area contributed by atoms with Crippen molar-refractivity contribution in [2.24, 2.45) is 5.92 Å². The highest BCUT2D eigenvalue weighted by Gasteiger charge is 2.30. The summed E-state index contributed by atoms with van der Waals surface area (Å²) in [7, 11) is -9.88. The molecule has 0 aliphatic rings. The Balaban J connectivity index is 5.21. The topological polar surface area (TPSA) is 237 Å². The normalized spacial score (nSPS) is 14.2. The van der Waals surface area contributed by atoms with Crippen molar-refractivity contribution in [2.75, 3.05) is 39.6 Å². The van der Waals surface area contributed by atoms with Crippen molar-refractivity contribution in [3.05, 3.63) is 0 Å². The summed E-state index contributed by atoms with van der Waals surface area (Å²) in [5.74, 6) is -1.40. The number of ether oxygens (including phenoxy) is 4. The first-order valence-corrected chi connectivity index (χ1v) is 36.6. The summed E-state index contributed by atoms with van der Waals surface area (Å²) >= 11 is 0. The van der Waals surface area contributed by atoms with Gasteiger partial charge in [-0.15, -0.1) is 0 Å². The van der Waals surface area contributed by atoms with Crippen molar-refractivity contribution in [3.63, 3.8) is 0 Å². The molecule has 0 spiro atoms. The number of unbranched alkanes of at least 4 members (excludes halogenated alkanes) is 36. The van der Waals surface area contributed by atoms with Crippen LogP contribution in [0.1, 0.15) is 324 Å². The second kappa shape index (κ2) is 57.8. The van der Waals surface area contributed by atoms with Crippen molar-refractivity contribution < 1.29 is 80.2 Å². The minimum atomic E-state index is -4.94. The lowest BCUT2D eigenvalue weighted by Gasteiger charge is -2.21. The van der Waals surface area contributed by atoms with Gasteiger partial charge in [0.25, 0.3) is 0 Å². The minimum absolute atomic E-state index is 0.106. The predicted octanol–water partition coefficient (Wildman–Crippen LogP) is 17.8. The van der Waals surface area contributed by atoms with E-state index in [9.17, 15) is 43.2 Å². The molecule has 0 radical (unpaired) electrons. The zero-order chi connectivity index (χ0) is 61.3. The standard InChI is InChI=1S/C64H124O17P2/c1-6-9-12-15-18-20-22-24-28-33-38-43-48-62(67)75-54-60(81-64(69)50-45-40-35-30-26-27-32-36-41-46-57(4)5)56-79-83(72,73)77-52-58(65)51-76-82(70,71)78-55-59(53-74-61(66)47-42-37-31-17-14-11-8-3)80-63(68)49-44-39-34-29-25-23-21-19-16-13-10-7-2/h57-60,65H,6-56H2,1-5H3,(H,70,71)(H,72,73)/t58-,59+,60+/m0/s1. The molecule has 0 saturated carbocycles. The molecule has 0 bridgehead atoms. The molecular weight excluding hydrogens is 1100 g/mol. The highest BCUT2D eigenvalue weighted by Crippen LogP contribution is 2.45. The quantitative estimate of drug-likeness (QED) is 0.0222. The molecule has 17 nitrogen and oxygen atoms in total. The molecule has 3 N–H and O–H groups in total. The summed E-state index contributed by atoms with van der Waals surface area (Å²) in [6.07, 6.45) is 41.7. The summed E-state index contributed by atoms with van der Waals surface area (Å²) in [5.41, 5.74) is 0. The van der Waals surface area contributed by atoms with Crippen LogP contribution < -0.4 is 0 Å². The molecule has 0 fully saturated rings. The third-order valence-electron chi connectivity index (χ3n) is 14.8. The first-order chi connectivity index (χ1) is 40.0. The summed E-state index contributed by atoms with van der Waals surface area (Å²) in [5, 5.41) is 10.5. The van der Waals surface area contributed by atoms with Crippen molar-refractivity contribution in [1.29, 1.82) is 0 Å². The van der Waals surface area contributed by atoms with Gasteiger partial charge in [0, 0.05) is 25.7 Å². The van der Waals surface area contributed by atoms with Crippen LogP contribution >= 0.6 is 15.6 Å². The summed E-state index contributed by atoms with van der Waals surface area (Å²) in [6.45, 7) is 7.14. The number of phosphoric ester groups is 2. The first-order valence-electron chi connectivity index (χ1n) is 33.6. The van der Waals surface area contributed by atoms with Crippen LogP contribution in [0.5, 0.6) is 0 Å². The molecule has 83 heavy (non-hydrogen) atoms. The van der Waals surface area contributed by atoms with Crippen molar-refractivity contribution in [2.45, 2.75) is 342 Å². The average molecular weight is 1230 g/mol. The molecule has 0 amide bonds. The Hall–Kier alpha value is -1.94. The fraction of sp³-hybridized carbons (Fsp3) is 0.938. The number of hydrogen-bond donors (Lipinski definition) is 3. The lowest BCUT2D eigenvalue weighted by molar-refractivity contribution is -0.161. The van der Waals surface area contributed by atoms with Crippen LogP contribution in [0, 0.1) is 5.92 Å². The number of esters is 4. The number of carbonyl (C=O) groups excluding carboxylic acids is 4. The van der Waals surface area contributed by atoms with E-state index in [1.165, 1.54) is 135 Å². The number of phosphoric acid groups is 2. The van der Waals surface area contributed by atoms with E-state index >= 15 is 0 Å². The number of rotatable bonds is 64. The Morgan fingerprint density at radius 1 is 0.325 bits per heavy atom. The fourth-order valence-electron chi connectivity index (χ4n) is 9.58. The third kappa shape index (κ3) is 58.8. The maximum Gasteiger partial charge on any atom is 0.472 e. The highest BCUT2D eigenvalue weighted by molar-refractivity contribution is 7.47. The molecule has 0 aromatic carbocycles. The average Bonchev–Trinajstić information content (AvgIpc) is 3.47. The molecule has 2 unspecified atom stereocenters. The number of aliphatic hydroxyl groups is 1. The molecule has 0 aliphatic heterocycles. The van der Waals surface area contributed by atoms with E-state index in [0.29, 0.717) is 25.7 Å². The maximum atomic E-state index is 13.0. The molecule has 0 aromatic rings. The Bertz CT molecular complexity index is 1620. The van der Waals surface area contributed by atoms with Crippen LogP contribution in [0.4, 0.5) is 0 Å². The van der Waals surface area contributed by atoms with Gasteiger partial charge in [-0.3, -0.25) is 37.3 Å². The van der Waals surface area contributed by atoms with Gasteiger partial charge < -0.3 is 33.8 Å². The van der Waals surface area contributed by atoms with Gasteiger partial charge in [0.05, 0.1) is 26.4 Å². The van der Waals surface area contributed by atoms with E-state index < -0.39 is 97.5 Å². The Kier molecular flexibility index (Phi) is 56.4. The van der Waals surface area contributed by atoms with Crippen LogP contribution in [0.3, 0.4) is 0 Å². The van der Waals surface area contributed by atoms with Gasteiger partial charge in [0.1, 0.15) is 19.3 Å². The molecule has 19 heteroatoms. The van der Waals surface area contributed by atoms with Crippen molar-refractivity contribution >= 4 is 39.5 Å². The zero-order valence-electron chi connectivity index (χ0n) is 53.3. The Labute approximate surface area is 505 Å². The molecule has 0 aromatic heterocycles. The summed E-state index contributed by atoms with van der Waals surface area (Å²) < 4.78 is 67.9. The monoisotopic (exact) mass is 1230 g/mol. The van der Waals surface area contributed by atoms with Gasteiger partial charge >= 0.3 is 39.5 Å². The summed E-state index contributed by atoms with van der Waals surface area (Å²) in [6, 6.07) is 0. The number of carbonyl (C=O) groups is 4. The number of aliphatic hydroxyl groups excluding tert-OH is 1. The van der Waals surface area contributed by atoms with E-state index in [2.05, 4.69) is 34.6 Å². The summed E-state index contributed by atoms with van der Waals surface area (Å²) in [4.78, 5) is 72.1. The first kappa shape index (κ1) is 81.1. The van der Waals surface area contributed by atoms with Crippen LogP contribution in [-0.4, -0.2) is 96.7 Å². The molecule has 5 atom stereocenters. The van der Waals surface area contributed by atoms with Gasteiger partial charge in [-0.05, 0) is 31.6 Å². The van der Waals surface area contributed by atoms with Crippen LogP contribution in [0.2, 0.25) is 0 Å². The predicted molar refractivity (Wildman–Crippen MR) is 331 cm³/mol. The largest absolute Gasteiger partial charge is 0.472 e. The molecule has 492 valence electrons. The molecule has 0 rings (SSSR count). The van der Waals surface area contributed by atoms with E-state index in [4.69, 9.17) is 37.0 Å². The maximum absolute atomic E-state index is 13.0. The minimum Gasteiger partial charge on any atom is -0.462 e. The lowest BCUT2D eigenvalue weighted by atomic mass is 10.0. The molecule has 0 heterocycles. The van der Waals surface area contributed by atoms with Crippen LogP contribution in [-0.2, 0) is 65.4 Å². The van der Waals surface area contributed by atoms with Gasteiger partial charge in [-0.2, -0.15) is 0 Å². The van der Waals surface area contributed by atoms with Gasteiger partial charge in [-0.25, -0.2) is 9.13 Å².